The van der Waals surface area contributed by atoms with Crippen molar-refractivity contribution in [2.75, 3.05) is 0 Å². The van der Waals surface area contributed by atoms with Gasteiger partial charge in [-0.2, -0.15) is 4.39 Å². The summed E-state index contributed by atoms with van der Waals surface area (Å²) in [6.07, 6.45) is 4.67. The van der Waals surface area contributed by atoms with E-state index in [2.05, 4.69) is 11.9 Å². The second kappa shape index (κ2) is 4.92. The second-order valence-electron chi connectivity index (χ2n) is 3.16. The maximum Gasteiger partial charge on any atom is 0.212 e. The number of nitrogens with two attached hydrogens (primary N) is 1. The van der Waals surface area contributed by atoms with Crippen LogP contribution in [0.2, 0.25) is 0 Å². The van der Waals surface area contributed by atoms with Crippen molar-refractivity contribution in [2.45, 2.75) is 32.2 Å². The molecule has 0 fully saturated rings. The van der Waals surface area contributed by atoms with Crippen molar-refractivity contribution >= 4 is 0 Å². The largest absolute Gasteiger partial charge is 0.324 e. The molecule has 2 nitrogen and oxygen atoms in total. The molecule has 0 saturated heterocycles. The monoisotopic (exact) mass is 182 g/mol. The van der Waals surface area contributed by atoms with E-state index < -0.39 is 5.95 Å². The van der Waals surface area contributed by atoms with Crippen molar-refractivity contribution < 1.29 is 4.39 Å². The Hall–Kier alpha value is -0.960. The van der Waals surface area contributed by atoms with Crippen LogP contribution in [-0.4, -0.2) is 4.98 Å². The van der Waals surface area contributed by atoms with E-state index in [1.807, 2.05) is 0 Å². The zero-order valence-corrected chi connectivity index (χ0v) is 7.83. The van der Waals surface area contributed by atoms with Gasteiger partial charge in [-0.15, -0.1) is 0 Å². The van der Waals surface area contributed by atoms with Gasteiger partial charge in [0.25, 0.3) is 0 Å². The third kappa shape index (κ3) is 3.11. The quantitative estimate of drug-likeness (QED) is 0.726. The number of nitrogens with zero attached hydrogens (tertiary/aromatic N) is 1. The summed E-state index contributed by atoms with van der Waals surface area (Å²) in [6.45, 7) is 2.12. The SMILES string of the molecule is CCCCC(N)c1ccc(F)nc1. The molecule has 0 aliphatic carbocycles. The molecule has 1 rings (SSSR count). The number of unbranched alkanes of at least 4 members (excludes halogenated alkanes) is 1. The maximum absolute atomic E-state index is 12.5. The second-order valence-corrected chi connectivity index (χ2v) is 3.16. The number of hydrogen-bond donors (Lipinski definition) is 1. The molecule has 0 radical (unpaired) electrons. The summed E-state index contributed by atoms with van der Waals surface area (Å²) in [4.78, 5) is 3.56. The lowest BCUT2D eigenvalue weighted by atomic mass is 10.0. The first-order valence-corrected chi connectivity index (χ1v) is 4.61. The fourth-order valence-corrected chi connectivity index (χ4v) is 1.20. The van der Waals surface area contributed by atoms with Crippen molar-refractivity contribution in [1.29, 1.82) is 0 Å². The molecule has 3 heteroatoms. The predicted octanol–water partition coefficient (Wildman–Crippen LogP) is 2.41. The first kappa shape index (κ1) is 10.1. The molecule has 72 valence electrons. The van der Waals surface area contributed by atoms with Crippen LogP contribution in [0.4, 0.5) is 4.39 Å². The van der Waals surface area contributed by atoms with Gasteiger partial charge in [0.15, 0.2) is 0 Å². The first-order valence-electron chi connectivity index (χ1n) is 4.61. The summed E-state index contributed by atoms with van der Waals surface area (Å²) in [5.74, 6) is -0.452. The van der Waals surface area contributed by atoms with Gasteiger partial charge in [-0.25, -0.2) is 4.98 Å². The Balaban J connectivity index is 2.55. The Bertz CT molecular complexity index is 246. The van der Waals surface area contributed by atoms with E-state index in [4.69, 9.17) is 5.73 Å². The van der Waals surface area contributed by atoms with Crippen LogP contribution in [0.1, 0.15) is 37.8 Å². The van der Waals surface area contributed by atoms with Gasteiger partial charge < -0.3 is 5.73 Å². The van der Waals surface area contributed by atoms with E-state index in [0.717, 1.165) is 24.8 Å². The highest BCUT2D eigenvalue weighted by atomic mass is 19.1. The van der Waals surface area contributed by atoms with E-state index >= 15 is 0 Å². The highest BCUT2D eigenvalue weighted by Gasteiger charge is 2.05. The molecule has 0 aromatic carbocycles. The summed E-state index contributed by atoms with van der Waals surface area (Å²) < 4.78 is 12.5. The van der Waals surface area contributed by atoms with Gasteiger partial charge in [0.2, 0.25) is 5.95 Å². The van der Waals surface area contributed by atoms with Crippen LogP contribution in [0.3, 0.4) is 0 Å². The van der Waals surface area contributed by atoms with Crippen LogP contribution in [0.25, 0.3) is 0 Å². The number of aromatic nitrogens is 1. The van der Waals surface area contributed by atoms with E-state index in [9.17, 15) is 4.39 Å². The highest BCUT2D eigenvalue weighted by molar-refractivity contribution is 5.13. The van der Waals surface area contributed by atoms with Gasteiger partial charge in [-0.05, 0) is 18.1 Å². The number of pyridine rings is 1. The predicted molar refractivity (Wildman–Crippen MR) is 50.6 cm³/mol. The van der Waals surface area contributed by atoms with Crippen molar-refractivity contribution in [3.8, 4) is 0 Å². The van der Waals surface area contributed by atoms with Crippen LogP contribution in [0.15, 0.2) is 18.3 Å². The average molecular weight is 182 g/mol. The third-order valence-corrected chi connectivity index (χ3v) is 2.05. The third-order valence-electron chi connectivity index (χ3n) is 2.05. The number of halogens is 1. The molecular weight excluding hydrogens is 167 g/mol. The summed E-state index contributed by atoms with van der Waals surface area (Å²) in [7, 11) is 0. The standard InChI is InChI=1S/C10H15FN2/c1-2-3-4-9(12)8-5-6-10(11)13-7-8/h5-7,9H,2-4,12H2,1H3. The molecule has 2 N–H and O–H groups in total. The van der Waals surface area contributed by atoms with E-state index in [-0.39, 0.29) is 6.04 Å². The lowest BCUT2D eigenvalue weighted by Crippen LogP contribution is -2.10. The minimum atomic E-state index is -0.452. The Kier molecular flexibility index (Phi) is 3.83. The molecule has 1 atom stereocenters. The molecular formula is C10H15FN2. The normalized spacial score (nSPS) is 12.8. The Morgan fingerprint density at radius 1 is 1.54 bits per heavy atom. The summed E-state index contributed by atoms with van der Waals surface area (Å²) in [6, 6.07) is 3.04. The van der Waals surface area contributed by atoms with Crippen LogP contribution in [0, 0.1) is 5.95 Å². The minimum absolute atomic E-state index is 0.00644. The molecule has 1 aromatic heterocycles. The van der Waals surface area contributed by atoms with Crippen LogP contribution < -0.4 is 5.73 Å². The van der Waals surface area contributed by atoms with Crippen molar-refractivity contribution in [1.82, 2.24) is 4.98 Å². The topological polar surface area (TPSA) is 38.9 Å². The van der Waals surface area contributed by atoms with Gasteiger partial charge in [0.1, 0.15) is 0 Å². The molecule has 0 bridgehead atoms. The lowest BCUT2D eigenvalue weighted by Gasteiger charge is -2.09. The number of rotatable bonds is 4. The minimum Gasteiger partial charge on any atom is -0.324 e. The van der Waals surface area contributed by atoms with E-state index in [0.29, 0.717) is 0 Å². The zero-order valence-electron chi connectivity index (χ0n) is 7.83. The van der Waals surface area contributed by atoms with Crippen LogP contribution in [-0.2, 0) is 0 Å². The fourth-order valence-electron chi connectivity index (χ4n) is 1.20. The van der Waals surface area contributed by atoms with Gasteiger partial charge in [-0.1, -0.05) is 25.8 Å². The summed E-state index contributed by atoms with van der Waals surface area (Å²) in [5, 5.41) is 0. The molecule has 0 saturated carbocycles. The van der Waals surface area contributed by atoms with Crippen molar-refractivity contribution in [3.63, 3.8) is 0 Å². The summed E-state index contributed by atoms with van der Waals surface area (Å²) in [5.41, 5.74) is 6.78. The van der Waals surface area contributed by atoms with Crippen molar-refractivity contribution in [2.24, 2.45) is 5.73 Å². The van der Waals surface area contributed by atoms with Crippen LogP contribution in [0.5, 0.6) is 0 Å². The maximum atomic E-state index is 12.5. The van der Waals surface area contributed by atoms with E-state index in [1.54, 1.807) is 6.07 Å². The molecule has 1 heterocycles. The van der Waals surface area contributed by atoms with Gasteiger partial charge in [0, 0.05) is 12.2 Å². The Morgan fingerprint density at radius 2 is 2.31 bits per heavy atom. The van der Waals surface area contributed by atoms with Crippen molar-refractivity contribution in [3.05, 3.63) is 29.8 Å². The molecule has 0 aliphatic rings. The smallest absolute Gasteiger partial charge is 0.212 e. The molecule has 1 aromatic rings. The van der Waals surface area contributed by atoms with Gasteiger partial charge in [-0.3, -0.25) is 0 Å². The van der Waals surface area contributed by atoms with Crippen LogP contribution >= 0.6 is 0 Å². The molecule has 0 spiro atoms. The zero-order chi connectivity index (χ0) is 9.68. The Morgan fingerprint density at radius 3 is 2.85 bits per heavy atom. The van der Waals surface area contributed by atoms with Gasteiger partial charge >= 0.3 is 0 Å². The van der Waals surface area contributed by atoms with E-state index in [1.165, 1.54) is 12.3 Å². The summed E-state index contributed by atoms with van der Waals surface area (Å²) >= 11 is 0. The molecule has 0 aliphatic heterocycles. The lowest BCUT2D eigenvalue weighted by molar-refractivity contribution is 0.570. The molecule has 1 unspecified atom stereocenters. The molecule has 0 amide bonds. The number of hydrogen-bond acceptors (Lipinski definition) is 2. The highest BCUT2D eigenvalue weighted by Crippen LogP contribution is 2.15. The fraction of sp³-hybridized carbons (Fsp3) is 0.500. The Labute approximate surface area is 78.0 Å². The van der Waals surface area contributed by atoms with Gasteiger partial charge in [0.05, 0.1) is 0 Å². The molecule has 13 heavy (non-hydrogen) atoms. The first-order chi connectivity index (χ1) is 6.24. The average Bonchev–Trinajstić information content (AvgIpc) is 2.15.